The fourth-order valence-corrected chi connectivity index (χ4v) is 2.50. The number of nitrogens with one attached hydrogen (secondary N) is 1. The Balaban J connectivity index is 1.54. The van der Waals surface area contributed by atoms with Crippen molar-refractivity contribution in [3.63, 3.8) is 0 Å². The van der Waals surface area contributed by atoms with E-state index in [0.717, 1.165) is 34.2 Å². The summed E-state index contributed by atoms with van der Waals surface area (Å²) in [4.78, 5) is 0. The van der Waals surface area contributed by atoms with Gasteiger partial charge < -0.3 is 24.3 Å². The van der Waals surface area contributed by atoms with E-state index in [2.05, 4.69) is 12.2 Å². The molecule has 1 atom stereocenters. The van der Waals surface area contributed by atoms with Crippen LogP contribution in [-0.4, -0.2) is 13.6 Å². The van der Waals surface area contributed by atoms with Gasteiger partial charge in [-0.2, -0.15) is 0 Å². The molecule has 108 valence electrons. The Hall–Kier alpha value is -2.56. The van der Waals surface area contributed by atoms with E-state index in [1.165, 1.54) is 0 Å². The van der Waals surface area contributed by atoms with Crippen molar-refractivity contribution in [1.82, 2.24) is 0 Å². The van der Waals surface area contributed by atoms with Gasteiger partial charge in [0.25, 0.3) is 0 Å². The Morgan fingerprint density at radius 1 is 0.810 bits per heavy atom. The second-order valence-corrected chi connectivity index (χ2v) is 5.05. The quantitative estimate of drug-likeness (QED) is 0.937. The van der Waals surface area contributed by atoms with Crippen LogP contribution in [0.3, 0.4) is 0 Å². The summed E-state index contributed by atoms with van der Waals surface area (Å²) in [6.07, 6.45) is 0. The zero-order valence-electron chi connectivity index (χ0n) is 11.6. The van der Waals surface area contributed by atoms with Crippen LogP contribution in [-0.2, 0) is 0 Å². The van der Waals surface area contributed by atoms with Crippen LogP contribution in [0.1, 0.15) is 18.5 Å². The fraction of sp³-hybridized carbons (Fsp3) is 0.250. The van der Waals surface area contributed by atoms with E-state index in [-0.39, 0.29) is 12.8 Å². The third kappa shape index (κ3) is 2.20. The first-order valence-corrected chi connectivity index (χ1v) is 6.85. The topological polar surface area (TPSA) is 49.0 Å². The standard InChI is InChI=1S/C16H15NO4/c1-10(11-2-4-13-15(6-11)20-8-18-13)17-12-3-5-14-16(7-12)21-9-19-14/h2-7,10,17H,8-9H2,1H3. The molecule has 0 aliphatic carbocycles. The highest BCUT2D eigenvalue weighted by atomic mass is 16.7. The number of hydrogen-bond donors (Lipinski definition) is 1. The lowest BCUT2D eigenvalue weighted by Crippen LogP contribution is -2.06. The molecular weight excluding hydrogens is 270 g/mol. The van der Waals surface area contributed by atoms with Crippen molar-refractivity contribution < 1.29 is 18.9 Å². The van der Waals surface area contributed by atoms with Crippen LogP contribution >= 0.6 is 0 Å². The lowest BCUT2D eigenvalue weighted by atomic mass is 10.1. The highest BCUT2D eigenvalue weighted by molar-refractivity contribution is 5.57. The van der Waals surface area contributed by atoms with E-state index in [1.54, 1.807) is 0 Å². The van der Waals surface area contributed by atoms with Crippen molar-refractivity contribution in [2.24, 2.45) is 0 Å². The summed E-state index contributed by atoms with van der Waals surface area (Å²) in [6, 6.07) is 12.0. The van der Waals surface area contributed by atoms with E-state index in [4.69, 9.17) is 18.9 Å². The molecule has 0 spiro atoms. The minimum Gasteiger partial charge on any atom is -0.454 e. The van der Waals surface area contributed by atoms with E-state index < -0.39 is 0 Å². The SMILES string of the molecule is CC(Nc1ccc2c(c1)OCO2)c1ccc2c(c1)OCO2. The average Bonchev–Trinajstić information content (AvgIpc) is 3.14. The zero-order chi connectivity index (χ0) is 14.2. The molecule has 0 aromatic heterocycles. The number of benzene rings is 2. The molecule has 2 aliphatic rings. The van der Waals surface area contributed by atoms with Crippen molar-refractivity contribution >= 4 is 5.69 Å². The largest absolute Gasteiger partial charge is 0.454 e. The highest BCUT2D eigenvalue weighted by Gasteiger charge is 2.17. The molecule has 5 heteroatoms. The minimum atomic E-state index is 0.139. The van der Waals surface area contributed by atoms with Crippen molar-refractivity contribution in [3.8, 4) is 23.0 Å². The second kappa shape index (κ2) is 4.77. The van der Waals surface area contributed by atoms with Gasteiger partial charge in [-0.05, 0) is 36.8 Å². The van der Waals surface area contributed by atoms with E-state index in [0.29, 0.717) is 6.79 Å². The second-order valence-electron chi connectivity index (χ2n) is 5.05. The summed E-state index contributed by atoms with van der Waals surface area (Å²) in [5, 5.41) is 3.45. The third-order valence-electron chi connectivity index (χ3n) is 3.65. The van der Waals surface area contributed by atoms with Crippen molar-refractivity contribution in [2.45, 2.75) is 13.0 Å². The van der Waals surface area contributed by atoms with Gasteiger partial charge in [0.1, 0.15) is 0 Å². The number of ether oxygens (including phenoxy) is 4. The molecule has 1 unspecified atom stereocenters. The maximum absolute atomic E-state index is 5.41. The average molecular weight is 285 g/mol. The minimum absolute atomic E-state index is 0.139. The van der Waals surface area contributed by atoms with Crippen molar-refractivity contribution in [3.05, 3.63) is 42.0 Å². The van der Waals surface area contributed by atoms with E-state index in [1.807, 2.05) is 36.4 Å². The Morgan fingerprint density at radius 3 is 2.19 bits per heavy atom. The van der Waals surface area contributed by atoms with Gasteiger partial charge in [-0.3, -0.25) is 0 Å². The monoisotopic (exact) mass is 285 g/mol. The highest BCUT2D eigenvalue weighted by Crippen LogP contribution is 2.37. The molecule has 0 saturated carbocycles. The van der Waals surface area contributed by atoms with Gasteiger partial charge in [0, 0.05) is 17.8 Å². The van der Waals surface area contributed by atoms with Gasteiger partial charge >= 0.3 is 0 Å². The van der Waals surface area contributed by atoms with Crippen LogP contribution in [0.15, 0.2) is 36.4 Å². The van der Waals surface area contributed by atoms with Gasteiger partial charge in [0.15, 0.2) is 23.0 Å². The Kier molecular flexibility index (Phi) is 2.77. The normalized spacial score (nSPS) is 15.9. The molecule has 5 nitrogen and oxygen atoms in total. The van der Waals surface area contributed by atoms with Crippen LogP contribution in [0.25, 0.3) is 0 Å². The van der Waals surface area contributed by atoms with Crippen molar-refractivity contribution in [1.29, 1.82) is 0 Å². The lowest BCUT2D eigenvalue weighted by molar-refractivity contribution is 0.173. The summed E-state index contributed by atoms with van der Waals surface area (Å²) in [5.74, 6) is 3.16. The third-order valence-corrected chi connectivity index (χ3v) is 3.65. The first-order chi connectivity index (χ1) is 10.3. The predicted octanol–water partition coefficient (Wildman–Crippen LogP) is 3.32. The smallest absolute Gasteiger partial charge is 0.231 e. The van der Waals surface area contributed by atoms with Crippen LogP contribution in [0.4, 0.5) is 5.69 Å². The van der Waals surface area contributed by atoms with Crippen LogP contribution in [0.5, 0.6) is 23.0 Å². The number of rotatable bonds is 3. The van der Waals surface area contributed by atoms with Crippen LogP contribution in [0.2, 0.25) is 0 Å². The molecule has 4 rings (SSSR count). The number of anilines is 1. The molecule has 1 N–H and O–H groups in total. The van der Waals surface area contributed by atoms with Crippen LogP contribution in [0, 0.1) is 0 Å². The first-order valence-electron chi connectivity index (χ1n) is 6.85. The van der Waals surface area contributed by atoms with E-state index in [9.17, 15) is 0 Å². The Bertz CT molecular complexity index is 686. The number of fused-ring (bicyclic) bond motifs is 2. The molecule has 21 heavy (non-hydrogen) atoms. The molecule has 0 bridgehead atoms. The molecule has 0 saturated heterocycles. The van der Waals surface area contributed by atoms with Gasteiger partial charge in [0.05, 0.1) is 0 Å². The zero-order valence-corrected chi connectivity index (χ0v) is 11.6. The Morgan fingerprint density at radius 2 is 1.43 bits per heavy atom. The molecule has 2 aliphatic heterocycles. The summed E-state index contributed by atoms with van der Waals surface area (Å²) in [5.41, 5.74) is 2.13. The molecule has 0 amide bonds. The summed E-state index contributed by atoms with van der Waals surface area (Å²) < 4.78 is 21.4. The maximum atomic E-state index is 5.41. The maximum Gasteiger partial charge on any atom is 0.231 e. The van der Waals surface area contributed by atoms with Gasteiger partial charge in [-0.15, -0.1) is 0 Å². The fourth-order valence-electron chi connectivity index (χ4n) is 2.50. The summed E-state index contributed by atoms with van der Waals surface area (Å²) >= 11 is 0. The summed E-state index contributed by atoms with van der Waals surface area (Å²) in [6.45, 7) is 2.68. The van der Waals surface area contributed by atoms with Gasteiger partial charge in [0.2, 0.25) is 13.6 Å². The van der Waals surface area contributed by atoms with E-state index >= 15 is 0 Å². The lowest BCUT2D eigenvalue weighted by Gasteiger charge is -2.16. The molecule has 2 heterocycles. The molecule has 0 fully saturated rings. The molecule has 0 radical (unpaired) electrons. The van der Waals surface area contributed by atoms with Gasteiger partial charge in [-0.25, -0.2) is 0 Å². The molecular formula is C16H15NO4. The molecule has 2 aromatic carbocycles. The first kappa shape index (κ1) is 12.2. The van der Waals surface area contributed by atoms with Crippen LogP contribution < -0.4 is 24.3 Å². The summed E-state index contributed by atoms with van der Waals surface area (Å²) in [7, 11) is 0. The molecule has 2 aromatic rings. The van der Waals surface area contributed by atoms with Gasteiger partial charge in [-0.1, -0.05) is 6.07 Å². The predicted molar refractivity (Wildman–Crippen MR) is 77.2 cm³/mol. The number of hydrogen-bond acceptors (Lipinski definition) is 5. The van der Waals surface area contributed by atoms with Crippen molar-refractivity contribution in [2.75, 3.05) is 18.9 Å². The Labute approximate surface area is 122 Å².